The minimum atomic E-state index is 0.324. The summed E-state index contributed by atoms with van der Waals surface area (Å²) in [7, 11) is 0. The minimum Gasteiger partial charge on any atom is -0.307 e. The lowest BCUT2D eigenvalue weighted by Gasteiger charge is -2.21. The van der Waals surface area contributed by atoms with Crippen LogP contribution in [-0.2, 0) is 0 Å². The van der Waals surface area contributed by atoms with Gasteiger partial charge in [0.2, 0.25) is 0 Å². The van der Waals surface area contributed by atoms with Crippen molar-refractivity contribution in [3.63, 3.8) is 0 Å². The van der Waals surface area contributed by atoms with Gasteiger partial charge in [-0.15, -0.1) is 10.2 Å². The summed E-state index contributed by atoms with van der Waals surface area (Å²) >= 11 is 5.92. The first kappa shape index (κ1) is 10.1. The number of pyridine rings is 1. The molecule has 1 fully saturated rings. The topological polar surface area (TPSA) is 42.2 Å². The van der Waals surface area contributed by atoms with Gasteiger partial charge in [0.15, 0.2) is 11.5 Å². The number of fused-ring (bicyclic) bond motifs is 1. The quantitative estimate of drug-likeness (QED) is 0.826. The van der Waals surface area contributed by atoms with Crippen molar-refractivity contribution >= 4 is 17.2 Å². The average Bonchev–Trinajstić information content (AvgIpc) is 2.73. The van der Waals surface area contributed by atoms with Crippen LogP contribution in [0.15, 0.2) is 18.3 Å². The van der Waals surface area contributed by atoms with Crippen molar-refractivity contribution in [2.24, 2.45) is 0 Å². The van der Waals surface area contributed by atoms with Gasteiger partial charge in [0.05, 0.1) is 6.04 Å². The lowest BCUT2D eigenvalue weighted by molar-refractivity contribution is 0.395. The molecule has 0 saturated carbocycles. The van der Waals surface area contributed by atoms with E-state index >= 15 is 0 Å². The number of hydrogen-bond acceptors (Lipinski definition) is 3. The molecule has 0 bridgehead atoms. The van der Waals surface area contributed by atoms with Gasteiger partial charge in [-0.2, -0.15) is 0 Å². The van der Waals surface area contributed by atoms with Crippen LogP contribution in [0.1, 0.15) is 31.1 Å². The van der Waals surface area contributed by atoms with E-state index in [-0.39, 0.29) is 0 Å². The molecule has 1 saturated heterocycles. The fraction of sp³-hybridized carbons (Fsp3) is 0.455. The fourth-order valence-electron chi connectivity index (χ4n) is 2.19. The van der Waals surface area contributed by atoms with Gasteiger partial charge in [-0.25, -0.2) is 0 Å². The first-order valence-electron chi connectivity index (χ1n) is 5.58. The highest BCUT2D eigenvalue weighted by molar-refractivity contribution is 6.30. The molecule has 2 aromatic rings. The summed E-state index contributed by atoms with van der Waals surface area (Å²) in [5.41, 5.74) is 0.815. The highest BCUT2D eigenvalue weighted by Gasteiger charge is 2.19. The van der Waals surface area contributed by atoms with E-state index in [1.165, 1.54) is 12.8 Å². The Labute approximate surface area is 98.6 Å². The minimum absolute atomic E-state index is 0.324. The van der Waals surface area contributed by atoms with E-state index in [1.807, 2.05) is 22.7 Å². The summed E-state index contributed by atoms with van der Waals surface area (Å²) < 4.78 is 2.01. The summed E-state index contributed by atoms with van der Waals surface area (Å²) in [4.78, 5) is 0. The number of hydrogen-bond donors (Lipinski definition) is 1. The Morgan fingerprint density at radius 2 is 2.31 bits per heavy atom. The summed E-state index contributed by atoms with van der Waals surface area (Å²) in [5.74, 6) is 0.992. The Morgan fingerprint density at radius 3 is 3.12 bits per heavy atom. The average molecular weight is 237 g/mol. The maximum atomic E-state index is 5.92. The maximum absolute atomic E-state index is 5.92. The van der Waals surface area contributed by atoms with E-state index in [2.05, 4.69) is 15.5 Å². The largest absolute Gasteiger partial charge is 0.307 e. The van der Waals surface area contributed by atoms with E-state index in [9.17, 15) is 0 Å². The van der Waals surface area contributed by atoms with E-state index in [0.717, 1.165) is 24.4 Å². The van der Waals surface area contributed by atoms with Crippen LogP contribution >= 0.6 is 11.6 Å². The van der Waals surface area contributed by atoms with Crippen molar-refractivity contribution in [2.45, 2.75) is 25.3 Å². The molecule has 1 aliphatic rings. The molecule has 0 spiro atoms. The lowest BCUT2D eigenvalue weighted by Crippen LogP contribution is -2.28. The van der Waals surface area contributed by atoms with Crippen LogP contribution in [-0.4, -0.2) is 21.1 Å². The first-order valence-corrected chi connectivity index (χ1v) is 5.96. The molecule has 1 unspecified atom stereocenters. The second kappa shape index (κ2) is 4.03. The third-order valence-electron chi connectivity index (χ3n) is 3.02. The van der Waals surface area contributed by atoms with Crippen molar-refractivity contribution < 1.29 is 0 Å². The third-order valence-corrected chi connectivity index (χ3v) is 3.26. The predicted octanol–water partition coefficient (Wildman–Crippen LogP) is 2.20. The molecule has 16 heavy (non-hydrogen) atoms. The standard InChI is InChI=1S/C11H13ClN4/c12-8-4-6-16-10(7-8)14-15-11(16)9-3-1-2-5-13-9/h4,6-7,9,13H,1-3,5H2. The second-order valence-corrected chi connectivity index (χ2v) is 4.57. The van der Waals surface area contributed by atoms with Crippen LogP contribution in [0.3, 0.4) is 0 Å². The number of halogens is 1. The molecule has 0 radical (unpaired) electrons. The van der Waals surface area contributed by atoms with E-state index in [1.54, 1.807) is 0 Å². The molecule has 1 N–H and O–H groups in total. The van der Waals surface area contributed by atoms with Crippen LogP contribution in [0.2, 0.25) is 5.02 Å². The first-order chi connectivity index (χ1) is 7.84. The van der Waals surface area contributed by atoms with Gasteiger partial charge in [0.1, 0.15) is 0 Å². The fourth-order valence-corrected chi connectivity index (χ4v) is 2.35. The number of nitrogens with one attached hydrogen (secondary N) is 1. The maximum Gasteiger partial charge on any atom is 0.162 e. The predicted molar refractivity (Wildman–Crippen MR) is 62.6 cm³/mol. The molecule has 4 nitrogen and oxygen atoms in total. The normalized spacial score (nSPS) is 21.4. The van der Waals surface area contributed by atoms with Crippen LogP contribution in [0.4, 0.5) is 0 Å². The van der Waals surface area contributed by atoms with Crippen molar-refractivity contribution in [3.05, 3.63) is 29.2 Å². The SMILES string of the molecule is Clc1ccn2c(C3CCCCN3)nnc2c1. The smallest absolute Gasteiger partial charge is 0.162 e. The zero-order valence-corrected chi connectivity index (χ0v) is 9.61. The summed E-state index contributed by atoms with van der Waals surface area (Å²) in [6, 6.07) is 4.02. The Hall–Kier alpha value is -1.13. The van der Waals surface area contributed by atoms with Crippen LogP contribution < -0.4 is 5.32 Å². The van der Waals surface area contributed by atoms with Gasteiger partial charge >= 0.3 is 0 Å². The molecule has 0 amide bonds. The molecule has 5 heteroatoms. The lowest BCUT2D eigenvalue weighted by atomic mass is 10.0. The van der Waals surface area contributed by atoms with E-state index in [4.69, 9.17) is 11.6 Å². The van der Waals surface area contributed by atoms with Crippen LogP contribution in [0.5, 0.6) is 0 Å². The Morgan fingerprint density at radius 1 is 1.38 bits per heavy atom. The highest BCUT2D eigenvalue weighted by Crippen LogP contribution is 2.22. The van der Waals surface area contributed by atoms with Crippen LogP contribution in [0, 0.1) is 0 Å². The second-order valence-electron chi connectivity index (χ2n) is 4.13. The molecule has 3 heterocycles. The molecule has 0 aliphatic carbocycles. The third kappa shape index (κ3) is 1.68. The Balaban J connectivity index is 2.03. The molecular formula is C11H13ClN4. The summed E-state index contributed by atoms with van der Waals surface area (Å²) in [5, 5.41) is 12.6. The van der Waals surface area contributed by atoms with Crippen molar-refractivity contribution in [2.75, 3.05) is 6.54 Å². The highest BCUT2D eigenvalue weighted by atomic mass is 35.5. The zero-order valence-electron chi connectivity index (χ0n) is 8.86. The number of piperidine rings is 1. The van der Waals surface area contributed by atoms with Gasteiger partial charge in [-0.1, -0.05) is 18.0 Å². The summed E-state index contributed by atoms with van der Waals surface area (Å²) in [6.07, 6.45) is 5.56. The van der Waals surface area contributed by atoms with Gasteiger partial charge in [-0.3, -0.25) is 4.40 Å². The van der Waals surface area contributed by atoms with Crippen molar-refractivity contribution in [3.8, 4) is 0 Å². The molecule has 1 aliphatic heterocycles. The molecular weight excluding hydrogens is 224 g/mol. The number of aromatic nitrogens is 3. The zero-order chi connectivity index (χ0) is 11.0. The Kier molecular flexibility index (Phi) is 2.53. The van der Waals surface area contributed by atoms with Gasteiger partial charge in [0, 0.05) is 17.3 Å². The molecule has 3 rings (SSSR count). The van der Waals surface area contributed by atoms with Crippen LogP contribution in [0.25, 0.3) is 5.65 Å². The molecule has 84 valence electrons. The molecule has 0 aromatic carbocycles. The van der Waals surface area contributed by atoms with Crippen molar-refractivity contribution in [1.82, 2.24) is 19.9 Å². The Bertz CT molecular complexity index is 502. The van der Waals surface area contributed by atoms with Gasteiger partial charge in [-0.05, 0) is 25.5 Å². The molecule has 2 aromatic heterocycles. The van der Waals surface area contributed by atoms with Crippen molar-refractivity contribution in [1.29, 1.82) is 0 Å². The number of nitrogens with zero attached hydrogens (tertiary/aromatic N) is 3. The monoisotopic (exact) mass is 236 g/mol. The molecule has 1 atom stereocenters. The number of rotatable bonds is 1. The summed E-state index contributed by atoms with van der Waals surface area (Å²) in [6.45, 7) is 1.06. The van der Waals surface area contributed by atoms with E-state index in [0.29, 0.717) is 11.1 Å². The van der Waals surface area contributed by atoms with Gasteiger partial charge in [0.25, 0.3) is 0 Å². The van der Waals surface area contributed by atoms with E-state index < -0.39 is 0 Å². The van der Waals surface area contributed by atoms with Gasteiger partial charge < -0.3 is 5.32 Å².